The fraction of sp³-hybridized carbons (Fsp3) is 0.182. The number of benzene rings is 1. The van der Waals surface area contributed by atoms with E-state index in [1.807, 2.05) is 0 Å². The van der Waals surface area contributed by atoms with Crippen LogP contribution in [0.2, 0.25) is 0 Å². The van der Waals surface area contributed by atoms with E-state index in [0.29, 0.717) is 6.07 Å². The largest absolute Gasteiger partial charge is 0.419 e. The van der Waals surface area contributed by atoms with Gasteiger partial charge in [0.05, 0.1) is 11.1 Å². The highest BCUT2D eigenvalue weighted by atomic mass is 19.4. The van der Waals surface area contributed by atoms with Crippen molar-refractivity contribution in [3.8, 4) is 0 Å². The molecule has 5 heteroatoms. The van der Waals surface area contributed by atoms with E-state index in [4.69, 9.17) is 0 Å². The minimum atomic E-state index is -4.80. The summed E-state index contributed by atoms with van der Waals surface area (Å²) in [4.78, 5) is 11.3. The molecule has 1 nitrogen and oxygen atoms in total. The van der Waals surface area contributed by atoms with Crippen LogP contribution in [0.5, 0.6) is 0 Å². The maximum atomic E-state index is 13.4. The average Bonchev–Trinajstić information content (AvgIpc) is 2.16. The first-order chi connectivity index (χ1) is 7.38. The number of hydrogen-bond donors (Lipinski definition) is 0. The Kier molecular flexibility index (Phi) is 3.47. The summed E-state index contributed by atoms with van der Waals surface area (Å²) < 4.78 is 50.3. The van der Waals surface area contributed by atoms with E-state index in [0.717, 1.165) is 12.1 Å². The molecule has 1 rings (SSSR count). The summed E-state index contributed by atoms with van der Waals surface area (Å²) in [5.41, 5.74) is -1.99. The first kappa shape index (κ1) is 12.4. The van der Waals surface area contributed by atoms with Gasteiger partial charge in [0.1, 0.15) is 5.82 Å². The zero-order valence-corrected chi connectivity index (χ0v) is 8.14. The Morgan fingerprint density at radius 1 is 1.38 bits per heavy atom. The summed E-state index contributed by atoms with van der Waals surface area (Å²) in [7, 11) is 0. The van der Waals surface area contributed by atoms with Crippen LogP contribution in [0.3, 0.4) is 0 Å². The molecule has 1 aromatic carbocycles. The highest BCUT2D eigenvalue weighted by molar-refractivity contribution is 5.97. The molecule has 0 bridgehead atoms. The minimum Gasteiger partial charge on any atom is -0.294 e. The normalized spacial score (nSPS) is 11.2. The Labute approximate surface area is 89.4 Å². The smallest absolute Gasteiger partial charge is 0.294 e. The van der Waals surface area contributed by atoms with E-state index < -0.39 is 28.9 Å². The molecular formula is C11H8F4O. The third kappa shape index (κ3) is 2.48. The van der Waals surface area contributed by atoms with Gasteiger partial charge in [0.2, 0.25) is 0 Å². The van der Waals surface area contributed by atoms with Crippen LogP contribution in [0.1, 0.15) is 22.3 Å². The van der Waals surface area contributed by atoms with Crippen LogP contribution in [-0.4, -0.2) is 5.78 Å². The Hall–Kier alpha value is -1.65. The van der Waals surface area contributed by atoms with Gasteiger partial charge in [0.15, 0.2) is 5.78 Å². The second-order valence-corrected chi connectivity index (χ2v) is 3.08. The molecule has 0 fully saturated rings. The summed E-state index contributed by atoms with van der Waals surface area (Å²) in [6.45, 7) is 3.26. The van der Waals surface area contributed by atoms with Crippen LogP contribution in [-0.2, 0) is 6.18 Å². The summed E-state index contributed by atoms with van der Waals surface area (Å²) in [6, 6.07) is 2.62. The van der Waals surface area contributed by atoms with Crippen LogP contribution in [0, 0.1) is 5.82 Å². The van der Waals surface area contributed by atoms with Crippen molar-refractivity contribution in [2.75, 3.05) is 0 Å². The summed E-state index contributed by atoms with van der Waals surface area (Å²) in [5.74, 6) is -2.25. The van der Waals surface area contributed by atoms with Crippen molar-refractivity contribution in [3.63, 3.8) is 0 Å². The SMILES string of the molecule is C=CCC(=O)c1cccc(C(F)(F)F)c1F. The summed E-state index contributed by atoms with van der Waals surface area (Å²) in [5, 5.41) is 0. The minimum absolute atomic E-state index is 0.196. The maximum Gasteiger partial charge on any atom is 0.419 e. The topological polar surface area (TPSA) is 17.1 Å². The van der Waals surface area contributed by atoms with Gasteiger partial charge in [-0.1, -0.05) is 12.1 Å². The molecule has 1 aromatic rings. The number of ketones is 1. The Morgan fingerprint density at radius 3 is 2.50 bits per heavy atom. The lowest BCUT2D eigenvalue weighted by Crippen LogP contribution is -2.12. The molecule has 0 saturated heterocycles. The van der Waals surface area contributed by atoms with Crippen LogP contribution >= 0.6 is 0 Å². The van der Waals surface area contributed by atoms with Crippen molar-refractivity contribution >= 4 is 5.78 Å². The lowest BCUT2D eigenvalue weighted by molar-refractivity contribution is -0.140. The fourth-order valence-electron chi connectivity index (χ4n) is 1.21. The van der Waals surface area contributed by atoms with E-state index >= 15 is 0 Å². The van der Waals surface area contributed by atoms with Crippen LogP contribution in [0.25, 0.3) is 0 Å². The zero-order chi connectivity index (χ0) is 12.3. The van der Waals surface area contributed by atoms with Gasteiger partial charge >= 0.3 is 6.18 Å². The van der Waals surface area contributed by atoms with Crippen LogP contribution in [0.4, 0.5) is 17.6 Å². The second kappa shape index (κ2) is 4.47. The maximum absolute atomic E-state index is 13.4. The van der Waals surface area contributed by atoms with Gasteiger partial charge in [-0.05, 0) is 12.1 Å². The lowest BCUT2D eigenvalue weighted by atomic mass is 10.0. The first-order valence-electron chi connectivity index (χ1n) is 4.37. The van der Waals surface area contributed by atoms with Gasteiger partial charge < -0.3 is 0 Å². The molecule has 0 spiro atoms. The molecule has 86 valence electrons. The van der Waals surface area contributed by atoms with Crippen molar-refractivity contribution in [1.82, 2.24) is 0 Å². The predicted octanol–water partition coefficient (Wildman–Crippen LogP) is 3.60. The molecule has 0 aliphatic rings. The predicted molar refractivity (Wildman–Crippen MR) is 50.5 cm³/mol. The number of hydrogen-bond acceptors (Lipinski definition) is 1. The molecule has 0 unspecified atom stereocenters. The standard InChI is InChI=1S/C11H8F4O/c1-2-4-9(16)7-5-3-6-8(10(7)12)11(13,14)15/h2-3,5-6H,1,4H2. The van der Waals surface area contributed by atoms with E-state index in [-0.39, 0.29) is 6.42 Å². The second-order valence-electron chi connectivity index (χ2n) is 3.08. The van der Waals surface area contributed by atoms with Gasteiger partial charge in [-0.25, -0.2) is 4.39 Å². The number of carbonyl (C=O) groups is 1. The van der Waals surface area contributed by atoms with Crippen LogP contribution in [0.15, 0.2) is 30.9 Å². The van der Waals surface area contributed by atoms with Gasteiger partial charge in [0, 0.05) is 6.42 Å². The van der Waals surface area contributed by atoms with Gasteiger partial charge in [-0.3, -0.25) is 4.79 Å². The molecule has 0 aromatic heterocycles. The molecule has 16 heavy (non-hydrogen) atoms. The lowest BCUT2D eigenvalue weighted by Gasteiger charge is -2.09. The molecule has 0 amide bonds. The summed E-state index contributed by atoms with van der Waals surface area (Å²) in [6.07, 6.45) is -3.78. The highest BCUT2D eigenvalue weighted by Crippen LogP contribution is 2.32. The van der Waals surface area contributed by atoms with Crippen molar-refractivity contribution in [2.45, 2.75) is 12.6 Å². The van der Waals surface area contributed by atoms with Crippen molar-refractivity contribution in [3.05, 3.63) is 47.8 Å². The molecule has 0 atom stereocenters. The van der Waals surface area contributed by atoms with Gasteiger partial charge in [-0.2, -0.15) is 13.2 Å². The quantitative estimate of drug-likeness (QED) is 0.442. The third-order valence-electron chi connectivity index (χ3n) is 1.93. The highest BCUT2D eigenvalue weighted by Gasteiger charge is 2.35. The monoisotopic (exact) mass is 232 g/mol. The number of carbonyl (C=O) groups excluding carboxylic acids is 1. The number of allylic oxidation sites excluding steroid dienone is 1. The van der Waals surface area contributed by atoms with Gasteiger partial charge in [0.25, 0.3) is 0 Å². The average molecular weight is 232 g/mol. The molecule has 0 heterocycles. The molecule has 0 aliphatic heterocycles. The number of Topliss-reactive ketones (excluding diaryl/α,β-unsaturated/α-hetero) is 1. The van der Waals surface area contributed by atoms with E-state index in [9.17, 15) is 22.4 Å². The van der Waals surface area contributed by atoms with Crippen molar-refractivity contribution < 1.29 is 22.4 Å². The first-order valence-corrected chi connectivity index (χ1v) is 4.37. The molecule has 0 aliphatic carbocycles. The fourth-order valence-corrected chi connectivity index (χ4v) is 1.21. The van der Waals surface area contributed by atoms with Gasteiger partial charge in [-0.15, -0.1) is 6.58 Å². The molecular weight excluding hydrogens is 224 g/mol. The zero-order valence-electron chi connectivity index (χ0n) is 8.14. The Balaban J connectivity index is 3.24. The van der Waals surface area contributed by atoms with E-state index in [1.165, 1.54) is 6.08 Å². The number of alkyl halides is 3. The van der Waals surface area contributed by atoms with Crippen molar-refractivity contribution in [2.24, 2.45) is 0 Å². The third-order valence-corrected chi connectivity index (χ3v) is 1.93. The number of rotatable bonds is 3. The van der Waals surface area contributed by atoms with E-state index in [1.54, 1.807) is 0 Å². The molecule has 0 radical (unpaired) electrons. The molecule has 0 saturated carbocycles. The molecule has 0 N–H and O–H groups in total. The number of halogens is 4. The van der Waals surface area contributed by atoms with Crippen LogP contribution < -0.4 is 0 Å². The summed E-state index contributed by atoms with van der Waals surface area (Å²) >= 11 is 0. The van der Waals surface area contributed by atoms with E-state index in [2.05, 4.69) is 6.58 Å². The Bertz CT molecular complexity index is 420. The van der Waals surface area contributed by atoms with Crippen molar-refractivity contribution in [1.29, 1.82) is 0 Å². The Morgan fingerprint density at radius 2 is 2.00 bits per heavy atom.